The summed E-state index contributed by atoms with van der Waals surface area (Å²) >= 11 is 0. The standard InChI is InChI=1S/C20H25NO/c1-14(12-16-8-11-21-22-16)15-6-7-17-18(13-15)20(4,5)10-9-19(17,2)3/h6-8,11-13H,9-10H2,1-5H3/b14-12+. The fourth-order valence-electron chi connectivity index (χ4n) is 3.43. The highest BCUT2D eigenvalue weighted by molar-refractivity contribution is 5.79. The largest absolute Gasteiger partial charge is 0.357 e. The Balaban J connectivity index is 2.06. The predicted octanol–water partition coefficient (Wildman–Crippen LogP) is 5.58. The summed E-state index contributed by atoms with van der Waals surface area (Å²) in [4.78, 5) is 0. The Bertz CT molecular complexity index is 705. The molecule has 0 amide bonds. The Morgan fingerprint density at radius 3 is 2.36 bits per heavy atom. The van der Waals surface area contributed by atoms with Crippen LogP contribution in [0.1, 0.15) is 69.9 Å². The lowest BCUT2D eigenvalue weighted by molar-refractivity contribution is 0.332. The Kier molecular flexibility index (Phi) is 3.51. The molecule has 1 aromatic carbocycles. The Morgan fingerprint density at radius 1 is 1.05 bits per heavy atom. The summed E-state index contributed by atoms with van der Waals surface area (Å²) in [6.45, 7) is 11.6. The summed E-state index contributed by atoms with van der Waals surface area (Å²) in [5, 5.41) is 3.76. The van der Waals surface area contributed by atoms with Gasteiger partial charge in [-0.1, -0.05) is 51.1 Å². The summed E-state index contributed by atoms with van der Waals surface area (Å²) in [5.74, 6) is 0.801. The first kappa shape index (κ1) is 15.1. The van der Waals surface area contributed by atoms with Crippen molar-refractivity contribution in [1.29, 1.82) is 0 Å². The van der Waals surface area contributed by atoms with E-state index in [1.807, 2.05) is 6.07 Å². The van der Waals surface area contributed by atoms with Gasteiger partial charge in [0.2, 0.25) is 0 Å². The van der Waals surface area contributed by atoms with Crippen LogP contribution >= 0.6 is 0 Å². The molecule has 0 saturated carbocycles. The van der Waals surface area contributed by atoms with Gasteiger partial charge in [-0.15, -0.1) is 0 Å². The van der Waals surface area contributed by atoms with Crippen LogP contribution in [0.5, 0.6) is 0 Å². The van der Waals surface area contributed by atoms with Crippen LogP contribution in [0.25, 0.3) is 11.6 Å². The van der Waals surface area contributed by atoms with Crippen LogP contribution in [-0.4, -0.2) is 5.16 Å². The number of nitrogens with zero attached hydrogens (tertiary/aromatic N) is 1. The molecular weight excluding hydrogens is 270 g/mol. The van der Waals surface area contributed by atoms with E-state index in [1.54, 1.807) is 6.20 Å². The van der Waals surface area contributed by atoms with Crippen molar-refractivity contribution in [1.82, 2.24) is 5.16 Å². The van der Waals surface area contributed by atoms with E-state index in [0.717, 1.165) is 5.76 Å². The number of rotatable bonds is 2. The number of fused-ring (bicyclic) bond motifs is 1. The third-order valence-electron chi connectivity index (χ3n) is 5.12. The highest BCUT2D eigenvalue weighted by atomic mass is 16.5. The van der Waals surface area contributed by atoms with Gasteiger partial charge in [0.25, 0.3) is 0 Å². The average Bonchev–Trinajstić information content (AvgIpc) is 2.96. The second-order valence-corrected chi connectivity index (χ2v) is 7.77. The Hall–Kier alpha value is -1.83. The summed E-state index contributed by atoms with van der Waals surface area (Å²) in [5.41, 5.74) is 5.98. The zero-order valence-electron chi connectivity index (χ0n) is 14.2. The molecule has 3 rings (SSSR count). The average molecular weight is 295 g/mol. The molecule has 1 aliphatic rings. The van der Waals surface area contributed by atoms with Gasteiger partial charge >= 0.3 is 0 Å². The van der Waals surface area contributed by atoms with Gasteiger partial charge in [-0.25, -0.2) is 0 Å². The van der Waals surface area contributed by atoms with Crippen molar-refractivity contribution >= 4 is 11.6 Å². The van der Waals surface area contributed by atoms with Gasteiger partial charge in [0.05, 0.1) is 6.20 Å². The third-order valence-corrected chi connectivity index (χ3v) is 5.12. The van der Waals surface area contributed by atoms with Crippen molar-refractivity contribution < 1.29 is 4.52 Å². The van der Waals surface area contributed by atoms with Gasteiger partial charge in [0.15, 0.2) is 5.76 Å². The summed E-state index contributed by atoms with van der Waals surface area (Å²) in [6.07, 6.45) is 6.22. The van der Waals surface area contributed by atoms with E-state index >= 15 is 0 Å². The fourth-order valence-corrected chi connectivity index (χ4v) is 3.43. The Labute approximate surface area is 133 Å². The number of hydrogen-bond donors (Lipinski definition) is 0. The van der Waals surface area contributed by atoms with Crippen molar-refractivity contribution in [2.45, 2.75) is 58.3 Å². The molecule has 0 N–H and O–H groups in total. The fraction of sp³-hybridized carbons (Fsp3) is 0.450. The first-order valence-corrected chi connectivity index (χ1v) is 8.04. The molecule has 0 bridgehead atoms. The van der Waals surface area contributed by atoms with Crippen LogP contribution in [0.2, 0.25) is 0 Å². The lowest BCUT2D eigenvalue weighted by atomic mass is 9.63. The molecule has 2 heteroatoms. The Morgan fingerprint density at radius 2 is 1.73 bits per heavy atom. The maximum atomic E-state index is 5.19. The van der Waals surface area contributed by atoms with Crippen LogP contribution in [0.3, 0.4) is 0 Å². The van der Waals surface area contributed by atoms with Crippen LogP contribution in [-0.2, 0) is 10.8 Å². The van der Waals surface area contributed by atoms with E-state index in [9.17, 15) is 0 Å². The molecule has 1 heterocycles. The van der Waals surface area contributed by atoms with Gasteiger partial charge in [-0.2, -0.15) is 0 Å². The quantitative estimate of drug-likeness (QED) is 0.722. The molecule has 0 fully saturated rings. The normalized spacial score (nSPS) is 19.8. The van der Waals surface area contributed by atoms with Crippen molar-refractivity contribution in [3.8, 4) is 0 Å². The summed E-state index contributed by atoms with van der Waals surface area (Å²) < 4.78 is 5.19. The summed E-state index contributed by atoms with van der Waals surface area (Å²) in [7, 11) is 0. The van der Waals surface area contributed by atoms with E-state index in [0.29, 0.717) is 0 Å². The van der Waals surface area contributed by atoms with E-state index in [2.05, 4.69) is 64.1 Å². The SMILES string of the molecule is C/C(=C\c1ccno1)c1ccc2c(c1)C(C)(C)CCC2(C)C. The second-order valence-electron chi connectivity index (χ2n) is 7.77. The molecule has 0 unspecified atom stereocenters. The molecule has 2 nitrogen and oxygen atoms in total. The van der Waals surface area contributed by atoms with Crippen molar-refractivity contribution in [3.63, 3.8) is 0 Å². The van der Waals surface area contributed by atoms with Crippen LogP contribution < -0.4 is 0 Å². The third kappa shape index (κ3) is 2.63. The first-order valence-electron chi connectivity index (χ1n) is 8.04. The number of benzene rings is 1. The minimum atomic E-state index is 0.243. The molecule has 0 saturated heterocycles. The number of allylic oxidation sites excluding steroid dienone is 1. The highest BCUT2D eigenvalue weighted by Gasteiger charge is 2.36. The smallest absolute Gasteiger partial charge is 0.159 e. The van der Waals surface area contributed by atoms with Crippen LogP contribution in [0, 0.1) is 0 Å². The van der Waals surface area contributed by atoms with Gasteiger partial charge in [-0.05, 0) is 58.9 Å². The topological polar surface area (TPSA) is 26.0 Å². The first-order chi connectivity index (χ1) is 10.3. The van der Waals surface area contributed by atoms with E-state index in [4.69, 9.17) is 4.52 Å². The van der Waals surface area contributed by atoms with Gasteiger partial charge in [0.1, 0.15) is 0 Å². The molecule has 0 aliphatic heterocycles. The van der Waals surface area contributed by atoms with Gasteiger partial charge in [-0.3, -0.25) is 0 Å². The van der Waals surface area contributed by atoms with E-state index in [1.165, 1.54) is 35.1 Å². The predicted molar refractivity (Wildman–Crippen MR) is 91.8 cm³/mol. The van der Waals surface area contributed by atoms with Gasteiger partial charge in [0, 0.05) is 6.07 Å². The number of aromatic nitrogens is 1. The van der Waals surface area contributed by atoms with Crippen molar-refractivity contribution in [2.75, 3.05) is 0 Å². The minimum Gasteiger partial charge on any atom is -0.357 e. The molecule has 0 spiro atoms. The summed E-state index contributed by atoms with van der Waals surface area (Å²) in [6, 6.07) is 8.82. The zero-order valence-corrected chi connectivity index (χ0v) is 14.2. The van der Waals surface area contributed by atoms with Crippen LogP contribution in [0.4, 0.5) is 0 Å². The molecule has 0 atom stereocenters. The van der Waals surface area contributed by atoms with Crippen molar-refractivity contribution in [3.05, 3.63) is 52.9 Å². The van der Waals surface area contributed by atoms with E-state index in [-0.39, 0.29) is 10.8 Å². The van der Waals surface area contributed by atoms with E-state index < -0.39 is 0 Å². The minimum absolute atomic E-state index is 0.243. The number of hydrogen-bond acceptors (Lipinski definition) is 2. The molecule has 1 aromatic heterocycles. The molecule has 0 radical (unpaired) electrons. The zero-order chi connectivity index (χ0) is 16.0. The second kappa shape index (κ2) is 5.12. The molecule has 22 heavy (non-hydrogen) atoms. The maximum Gasteiger partial charge on any atom is 0.159 e. The van der Waals surface area contributed by atoms with Gasteiger partial charge < -0.3 is 4.52 Å². The molecular formula is C20H25NO. The van der Waals surface area contributed by atoms with Crippen molar-refractivity contribution in [2.24, 2.45) is 0 Å². The molecule has 2 aromatic rings. The van der Waals surface area contributed by atoms with Crippen LogP contribution in [0.15, 0.2) is 35.0 Å². The molecule has 116 valence electrons. The lowest BCUT2D eigenvalue weighted by Gasteiger charge is -2.42. The highest BCUT2D eigenvalue weighted by Crippen LogP contribution is 2.46. The monoisotopic (exact) mass is 295 g/mol. The lowest BCUT2D eigenvalue weighted by Crippen LogP contribution is -2.33. The molecule has 1 aliphatic carbocycles. The maximum absolute atomic E-state index is 5.19.